The van der Waals surface area contributed by atoms with E-state index in [2.05, 4.69) is 10.1 Å². The lowest BCUT2D eigenvalue weighted by Crippen LogP contribution is -2.27. The van der Waals surface area contributed by atoms with Crippen LogP contribution < -0.4 is 4.74 Å². The Kier molecular flexibility index (Phi) is 5.24. The van der Waals surface area contributed by atoms with E-state index in [9.17, 15) is 13.6 Å². The van der Waals surface area contributed by atoms with Crippen LogP contribution in [0.25, 0.3) is 11.4 Å². The van der Waals surface area contributed by atoms with Gasteiger partial charge < -0.3 is 14.2 Å². The first-order valence-electron chi connectivity index (χ1n) is 9.35. The summed E-state index contributed by atoms with van der Waals surface area (Å²) in [6.45, 7) is 2.44. The van der Waals surface area contributed by atoms with Crippen LogP contribution in [0.4, 0.5) is 8.78 Å². The molecule has 0 bridgehead atoms. The third kappa shape index (κ3) is 3.96. The molecule has 0 aliphatic carbocycles. The van der Waals surface area contributed by atoms with Gasteiger partial charge in [-0.25, -0.2) is 8.78 Å². The molecule has 2 aromatic carbocycles. The van der Waals surface area contributed by atoms with Gasteiger partial charge in [0.15, 0.2) is 0 Å². The Hall–Kier alpha value is -3.29. The lowest BCUT2D eigenvalue weighted by Gasteiger charge is -2.22. The van der Waals surface area contributed by atoms with Crippen molar-refractivity contribution in [2.24, 2.45) is 0 Å². The van der Waals surface area contributed by atoms with Gasteiger partial charge in [0.2, 0.25) is 17.6 Å². The highest BCUT2D eigenvalue weighted by Crippen LogP contribution is 2.35. The SMILES string of the molecule is CCOc1ccccc1-c1noc(C2CCC(=O)N2Cc2cc(F)cc(F)c2)n1. The number of hydrogen-bond donors (Lipinski definition) is 0. The second kappa shape index (κ2) is 7.98. The number of nitrogens with zero attached hydrogens (tertiary/aromatic N) is 3. The minimum absolute atomic E-state index is 0.0609. The highest BCUT2D eigenvalue weighted by molar-refractivity contribution is 5.79. The van der Waals surface area contributed by atoms with E-state index in [0.717, 1.165) is 6.07 Å². The van der Waals surface area contributed by atoms with E-state index in [4.69, 9.17) is 9.26 Å². The Morgan fingerprint density at radius 2 is 1.97 bits per heavy atom. The monoisotopic (exact) mass is 399 g/mol. The molecule has 8 heteroatoms. The molecule has 1 fully saturated rings. The van der Waals surface area contributed by atoms with E-state index in [1.54, 1.807) is 0 Å². The summed E-state index contributed by atoms with van der Waals surface area (Å²) in [4.78, 5) is 18.4. The number of para-hydroxylation sites is 1. The summed E-state index contributed by atoms with van der Waals surface area (Å²) >= 11 is 0. The van der Waals surface area contributed by atoms with E-state index in [1.807, 2.05) is 31.2 Å². The maximum Gasteiger partial charge on any atom is 0.249 e. The fourth-order valence-electron chi connectivity index (χ4n) is 3.50. The first-order chi connectivity index (χ1) is 14.0. The largest absolute Gasteiger partial charge is 0.493 e. The van der Waals surface area contributed by atoms with Crippen molar-refractivity contribution >= 4 is 5.91 Å². The molecule has 6 nitrogen and oxygen atoms in total. The molecule has 1 aliphatic heterocycles. The van der Waals surface area contributed by atoms with E-state index in [0.29, 0.717) is 42.1 Å². The zero-order chi connectivity index (χ0) is 20.4. The summed E-state index contributed by atoms with van der Waals surface area (Å²) in [6, 6.07) is 10.1. The molecule has 1 amide bonds. The van der Waals surface area contributed by atoms with E-state index < -0.39 is 17.7 Å². The smallest absolute Gasteiger partial charge is 0.249 e. The van der Waals surface area contributed by atoms with E-state index in [1.165, 1.54) is 17.0 Å². The number of amides is 1. The standard InChI is InChI=1S/C21H19F2N3O3/c1-2-28-18-6-4-3-5-16(18)20-24-21(29-25-20)17-7-8-19(27)26(17)12-13-9-14(22)11-15(23)10-13/h3-6,9-11,17H,2,7-8,12H2,1H3. The second-order valence-corrected chi connectivity index (χ2v) is 6.74. The molecule has 0 radical (unpaired) electrons. The molecule has 0 spiro atoms. The number of rotatable bonds is 6. The molecule has 29 heavy (non-hydrogen) atoms. The molecule has 1 aromatic heterocycles. The summed E-state index contributed by atoms with van der Waals surface area (Å²) in [5, 5.41) is 4.04. The predicted octanol–water partition coefficient (Wildman–Crippen LogP) is 4.28. The summed E-state index contributed by atoms with van der Waals surface area (Å²) in [6.07, 6.45) is 0.793. The van der Waals surface area contributed by atoms with Crippen LogP contribution in [0.2, 0.25) is 0 Å². The minimum Gasteiger partial charge on any atom is -0.493 e. The molecule has 2 heterocycles. The maximum atomic E-state index is 13.5. The van der Waals surface area contributed by atoms with Gasteiger partial charge in [-0.05, 0) is 43.2 Å². The highest BCUT2D eigenvalue weighted by Gasteiger charge is 2.36. The van der Waals surface area contributed by atoms with Crippen molar-refractivity contribution in [3.63, 3.8) is 0 Å². The quantitative estimate of drug-likeness (QED) is 0.619. The van der Waals surface area contributed by atoms with E-state index in [-0.39, 0.29) is 18.3 Å². The number of carbonyl (C=O) groups is 1. The number of ether oxygens (including phenoxy) is 1. The molecular formula is C21H19F2N3O3. The Balaban J connectivity index is 1.60. The lowest BCUT2D eigenvalue weighted by molar-refractivity contribution is -0.130. The maximum absolute atomic E-state index is 13.5. The summed E-state index contributed by atoms with van der Waals surface area (Å²) < 4.78 is 38.1. The van der Waals surface area contributed by atoms with Crippen molar-refractivity contribution in [1.29, 1.82) is 0 Å². The summed E-state index contributed by atoms with van der Waals surface area (Å²) in [5.74, 6) is -0.216. The molecule has 0 saturated carbocycles. The molecule has 1 atom stereocenters. The number of halogens is 2. The van der Waals surface area contributed by atoms with Crippen molar-refractivity contribution in [3.05, 3.63) is 65.6 Å². The van der Waals surface area contributed by atoms with Crippen LogP contribution in [-0.4, -0.2) is 27.6 Å². The normalized spacial score (nSPS) is 16.4. The topological polar surface area (TPSA) is 68.5 Å². The lowest BCUT2D eigenvalue weighted by atomic mass is 10.1. The van der Waals surface area contributed by atoms with Gasteiger partial charge in [-0.3, -0.25) is 4.79 Å². The van der Waals surface area contributed by atoms with Crippen LogP contribution in [0.1, 0.15) is 37.3 Å². The number of likely N-dealkylation sites (tertiary alicyclic amines) is 1. The van der Waals surface area contributed by atoms with Crippen LogP contribution in [0.5, 0.6) is 5.75 Å². The van der Waals surface area contributed by atoms with Gasteiger partial charge in [0, 0.05) is 19.0 Å². The van der Waals surface area contributed by atoms with Crippen LogP contribution in [0.15, 0.2) is 47.0 Å². The molecule has 1 unspecified atom stereocenters. The second-order valence-electron chi connectivity index (χ2n) is 6.74. The van der Waals surface area contributed by atoms with Gasteiger partial charge in [-0.15, -0.1) is 0 Å². The number of hydrogen-bond acceptors (Lipinski definition) is 5. The number of aromatic nitrogens is 2. The van der Waals surface area contributed by atoms with Gasteiger partial charge in [-0.2, -0.15) is 4.98 Å². The third-order valence-electron chi connectivity index (χ3n) is 4.76. The average Bonchev–Trinajstić information content (AvgIpc) is 3.29. The summed E-state index contributed by atoms with van der Waals surface area (Å²) in [5.41, 5.74) is 1.05. The van der Waals surface area contributed by atoms with Crippen LogP contribution >= 0.6 is 0 Å². The van der Waals surface area contributed by atoms with Gasteiger partial charge in [0.05, 0.1) is 12.2 Å². The van der Waals surface area contributed by atoms with Crippen molar-refractivity contribution < 1.29 is 22.8 Å². The third-order valence-corrected chi connectivity index (χ3v) is 4.76. The summed E-state index contributed by atoms with van der Waals surface area (Å²) in [7, 11) is 0. The van der Waals surface area contributed by atoms with Gasteiger partial charge >= 0.3 is 0 Å². The Morgan fingerprint density at radius 1 is 1.21 bits per heavy atom. The molecule has 150 valence electrons. The van der Waals surface area contributed by atoms with Crippen LogP contribution in [0, 0.1) is 11.6 Å². The van der Waals surface area contributed by atoms with Gasteiger partial charge in [0.25, 0.3) is 0 Å². The number of benzene rings is 2. The molecule has 1 saturated heterocycles. The zero-order valence-electron chi connectivity index (χ0n) is 15.8. The molecule has 4 rings (SSSR count). The van der Waals surface area contributed by atoms with Crippen molar-refractivity contribution in [3.8, 4) is 17.1 Å². The van der Waals surface area contributed by atoms with Gasteiger partial charge in [0.1, 0.15) is 23.4 Å². The fraction of sp³-hybridized carbons (Fsp3) is 0.286. The first kappa shape index (κ1) is 19.0. The van der Waals surface area contributed by atoms with Crippen LogP contribution in [0.3, 0.4) is 0 Å². The Morgan fingerprint density at radius 3 is 2.72 bits per heavy atom. The minimum atomic E-state index is -0.684. The molecular weight excluding hydrogens is 380 g/mol. The van der Waals surface area contributed by atoms with Crippen LogP contribution in [-0.2, 0) is 11.3 Å². The van der Waals surface area contributed by atoms with Crippen molar-refractivity contribution in [1.82, 2.24) is 15.0 Å². The Labute approximate surface area is 166 Å². The Bertz CT molecular complexity index is 1020. The van der Waals surface area contributed by atoms with Gasteiger partial charge in [-0.1, -0.05) is 17.3 Å². The first-order valence-corrected chi connectivity index (χ1v) is 9.35. The fourth-order valence-corrected chi connectivity index (χ4v) is 3.50. The predicted molar refractivity (Wildman–Crippen MR) is 99.8 cm³/mol. The highest BCUT2D eigenvalue weighted by atomic mass is 19.1. The van der Waals surface area contributed by atoms with Crippen molar-refractivity contribution in [2.45, 2.75) is 32.4 Å². The average molecular weight is 399 g/mol. The zero-order valence-corrected chi connectivity index (χ0v) is 15.8. The molecule has 1 aliphatic rings. The molecule has 0 N–H and O–H groups in total. The van der Waals surface area contributed by atoms with E-state index >= 15 is 0 Å². The number of carbonyl (C=O) groups excluding carboxylic acids is 1. The van der Waals surface area contributed by atoms with Crippen molar-refractivity contribution in [2.75, 3.05) is 6.61 Å². The molecule has 3 aromatic rings.